The second kappa shape index (κ2) is 5.44. The number of hydrogen-bond donors (Lipinski definition) is 2. The quantitative estimate of drug-likeness (QED) is 0.509. The predicted molar refractivity (Wildman–Crippen MR) is 78.0 cm³/mol. The molecular formula is C15H13N3O4. The first kappa shape index (κ1) is 14.0. The van der Waals surface area contributed by atoms with Gasteiger partial charge in [0.15, 0.2) is 11.7 Å². The van der Waals surface area contributed by atoms with Crippen molar-refractivity contribution in [3.63, 3.8) is 0 Å². The van der Waals surface area contributed by atoms with E-state index in [0.717, 1.165) is 5.39 Å². The van der Waals surface area contributed by atoms with E-state index in [-0.39, 0.29) is 12.4 Å². The van der Waals surface area contributed by atoms with E-state index in [1.165, 1.54) is 6.08 Å². The van der Waals surface area contributed by atoms with Gasteiger partial charge in [-0.15, -0.1) is 0 Å². The van der Waals surface area contributed by atoms with Crippen molar-refractivity contribution in [3.8, 4) is 0 Å². The molecule has 22 heavy (non-hydrogen) atoms. The van der Waals surface area contributed by atoms with Crippen molar-refractivity contribution >= 4 is 34.8 Å². The third kappa shape index (κ3) is 2.26. The summed E-state index contributed by atoms with van der Waals surface area (Å²) in [6.07, 6.45) is 4.83. The molecule has 0 saturated carbocycles. The molecule has 3 heterocycles. The molecule has 2 aromatic rings. The Bertz CT molecular complexity index is 806. The van der Waals surface area contributed by atoms with Crippen LogP contribution in [0.3, 0.4) is 0 Å². The third-order valence-electron chi connectivity index (χ3n) is 3.28. The maximum atomic E-state index is 12.2. The predicted octanol–water partition coefficient (Wildman–Crippen LogP) is 1.66. The van der Waals surface area contributed by atoms with E-state index in [1.54, 1.807) is 25.4 Å². The lowest BCUT2D eigenvalue weighted by molar-refractivity contribution is -0.147. The first-order valence-electron chi connectivity index (χ1n) is 6.72. The molecule has 1 atom stereocenters. The number of esters is 1. The van der Waals surface area contributed by atoms with Gasteiger partial charge in [0.1, 0.15) is 5.65 Å². The maximum absolute atomic E-state index is 12.2. The number of aromatic nitrogens is 2. The Balaban J connectivity index is 1.94. The number of ketones is 1. The van der Waals surface area contributed by atoms with Gasteiger partial charge in [0.25, 0.3) is 0 Å². The van der Waals surface area contributed by atoms with Crippen LogP contribution < -0.4 is 0 Å². The molecule has 1 aliphatic rings. The number of H-pyrrole nitrogens is 1. The van der Waals surface area contributed by atoms with E-state index in [4.69, 9.17) is 14.9 Å². The van der Waals surface area contributed by atoms with Crippen LogP contribution in [0.5, 0.6) is 0 Å². The van der Waals surface area contributed by atoms with E-state index in [9.17, 15) is 9.59 Å². The van der Waals surface area contributed by atoms with Gasteiger partial charge in [-0.25, -0.2) is 4.98 Å². The van der Waals surface area contributed by atoms with Gasteiger partial charge < -0.3 is 14.5 Å². The fourth-order valence-electron chi connectivity index (χ4n) is 2.27. The Morgan fingerprint density at radius 1 is 1.59 bits per heavy atom. The average Bonchev–Trinajstić information content (AvgIpc) is 3.02. The Morgan fingerprint density at radius 2 is 2.41 bits per heavy atom. The summed E-state index contributed by atoms with van der Waals surface area (Å²) in [6.45, 7) is 1.78. The molecule has 2 aromatic heterocycles. The fraction of sp³-hybridized carbons (Fsp3) is 0.200. The van der Waals surface area contributed by atoms with Crippen molar-refractivity contribution in [3.05, 3.63) is 35.8 Å². The molecule has 0 spiro atoms. The molecule has 1 fully saturated rings. The van der Waals surface area contributed by atoms with Crippen LogP contribution in [0.15, 0.2) is 30.3 Å². The normalized spacial score (nSPS) is 19.7. The van der Waals surface area contributed by atoms with Crippen LogP contribution in [0.4, 0.5) is 0 Å². The highest BCUT2D eigenvalue weighted by Gasteiger charge is 2.43. The lowest BCUT2D eigenvalue weighted by Crippen LogP contribution is -2.27. The van der Waals surface area contributed by atoms with Gasteiger partial charge in [0.2, 0.25) is 11.7 Å². The van der Waals surface area contributed by atoms with Crippen molar-refractivity contribution in [2.24, 2.45) is 5.92 Å². The molecule has 7 nitrogen and oxygen atoms in total. The summed E-state index contributed by atoms with van der Waals surface area (Å²) in [7, 11) is 0. The summed E-state index contributed by atoms with van der Waals surface area (Å²) < 4.78 is 9.93. The highest BCUT2D eigenvalue weighted by Crippen LogP contribution is 2.26. The molecule has 0 aromatic carbocycles. The van der Waals surface area contributed by atoms with Gasteiger partial charge in [-0.1, -0.05) is 0 Å². The highest BCUT2D eigenvalue weighted by atomic mass is 16.5. The average molecular weight is 299 g/mol. The van der Waals surface area contributed by atoms with E-state index < -0.39 is 23.6 Å². The van der Waals surface area contributed by atoms with Gasteiger partial charge in [-0.3, -0.25) is 15.0 Å². The molecule has 0 aliphatic carbocycles. The molecule has 0 bridgehead atoms. The van der Waals surface area contributed by atoms with E-state index in [0.29, 0.717) is 11.2 Å². The topological polar surface area (TPSA) is 105 Å². The Hall–Kier alpha value is -2.96. The van der Waals surface area contributed by atoms with Crippen LogP contribution in [0.1, 0.15) is 12.5 Å². The smallest absolute Gasteiger partial charge is 0.326 e. The van der Waals surface area contributed by atoms with Gasteiger partial charge in [-0.05, 0) is 25.1 Å². The lowest BCUT2D eigenvalue weighted by Gasteiger charge is -2.03. The van der Waals surface area contributed by atoms with Crippen molar-refractivity contribution in [2.45, 2.75) is 6.92 Å². The number of aromatic amines is 1. The largest absolute Gasteiger partial charge is 0.465 e. The maximum Gasteiger partial charge on any atom is 0.326 e. The number of nitrogens with one attached hydrogen (secondary N) is 2. The summed E-state index contributed by atoms with van der Waals surface area (Å²) >= 11 is 0. The lowest BCUT2D eigenvalue weighted by atomic mass is 10.0. The molecule has 1 aliphatic heterocycles. The third-order valence-corrected chi connectivity index (χ3v) is 3.28. The molecule has 1 unspecified atom stereocenters. The minimum absolute atomic E-state index is 0.0483. The number of rotatable bonds is 3. The molecule has 7 heteroatoms. The zero-order valence-corrected chi connectivity index (χ0v) is 11.8. The van der Waals surface area contributed by atoms with Crippen molar-refractivity contribution in [1.29, 1.82) is 5.41 Å². The first-order valence-corrected chi connectivity index (χ1v) is 6.72. The highest BCUT2D eigenvalue weighted by molar-refractivity contribution is 6.26. The zero-order valence-electron chi connectivity index (χ0n) is 11.8. The molecular weight excluding hydrogens is 286 g/mol. The molecule has 3 rings (SSSR count). The monoisotopic (exact) mass is 299 g/mol. The summed E-state index contributed by atoms with van der Waals surface area (Å²) in [6, 6.07) is 3.62. The number of carbonyl (C=O) groups is 2. The van der Waals surface area contributed by atoms with Gasteiger partial charge >= 0.3 is 5.97 Å². The number of fused-ring (bicyclic) bond motifs is 1. The van der Waals surface area contributed by atoms with Gasteiger partial charge in [-0.2, -0.15) is 0 Å². The van der Waals surface area contributed by atoms with E-state index in [1.807, 2.05) is 6.07 Å². The summed E-state index contributed by atoms with van der Waals surface area (Å²) in [5.74, 6) is -3.10. The zero-order chi connectivity index (χ0) is 15.7. The van der Waals surface area contributed by atoms with Crippen LogP contribution >= 0.6 is 0 Å². The molecule has 0 radical (unpaired) electrons. The van der Waals surface area contributed by atoms with Crippen LogP contribution in [-0.4, -0.2) is 34.2 Å². The number of Topliss-reactive ketones (excluding diaryl/α,β-unsaturated/α-hetero) is 1. The number of hydrogen-bond acceptors (Lipinski definition) is 6. The minimum Gasteiger partial charge on any atom is -0.465 e. The number of nitrogens with zero attached hydrogens (tertiary/aromatic N) is 1. The van der Waals surface area contributed by atoms with Crippen molar-refractivity contribution in [2.75, 3.05) is 6.61 Å². The number of pyridine rings is 1. The van der Waals surface area contributed by atoms with Crippen LogP contribution in [0.2, 0.25) is 0 Å². The minimum atomic E-state index is -1.31. The Labute approximate surface area is 125 Å². The Morgan fingerprint density at radius 3 is 3.18 bits per heavy atom. The van der Waals surface area contributed by atoms with Gasteiger partial charge in [0, 0.05) is 23.3 Å². The molecule has 112 valence electrons. The summed E-state index contributed by atoms with van der Waals surface area (Å²) in [5, 5.41) is 8.48. The van der Waals surface area contributed by atoms with E-state index >= 15 is 0 Å². The second-order valence-corrected chi connectivity index (χ2v) is 4.67. The van der Waals surface area contributed by atoms with Crippen LogP contribution in [0, 0.1) is 11.3 Å². The summed E-state index contributed by atoms with van der Waals surface area (Å²) in [4.78, 5) is 31.1. The fourth-order valence-corrected chi connectivity index (χ4v) is 2.27. The SMILES string of the molecule is CCOC(=O)C1C(=N)O/C(=C\c2c[nH]c3ncccc23)C1=O. The molecule has 2 N–H and O–H groups in total. The number of ether oxygens (including phenoxy) is 2. The van der Waals surface area contributed by atoms with Crippen LogP contribution in [0.25, 0.3) is 17.1 Å². The summed E-state index contributed by atoms with van der Waals surface area (Å²) in [5.41, 5.74) is 1.38. The van der Waals surface area contributed by atoms with Crippen molar-refractivity contribution in [1.82, 2.24) is 9.97 Å². The van der Waals surface area contributed by atoms with E-state index in [2.05, 4.69) is 9.97 Å². The number of carbonyl (C=O) groups excluding carboxylic acids is 2. The number of allylic oxidation sites excluding steroid dienone is 1. The Kier molecular flexibility index (Phi) is 3.46. The van der Waals surface area contributed by atoms with Gasteiger partial charge in [0.05, 0.1) is 6.61 Å². The standard InChI is InChI=1S/C15H13N3O4/c1-2-21-15(20)11-12(19)10(22-13(11)16)6-8-7-18-14-9(8)4-3-5-17-14/h3-7,11,16H,2H2,1H3,(H,17,18)/b10-6-,16-13?. The first-order chi connectivity index (χ1) is 10.6. The molecule has 1 saturated heterocycles. The molecule has 0 amide bonds. The van der Waals surface area contributed by atoms with Crippen LogP contribution in [-0.2, 0) is 19.1 Å². The van der Waals surface area contributed by atoms with Crippen molar-refractivity contribution < 1.29 is 19.1 Å². The second-order valence-electron chi connectivity index (χ2n) is 4.67.